The van der Waals surface area contributed by atoms with E-state index in [4.69, 9.17) is 39.0 Å². The molecule has 1 saturated heterocycles. The molecule has 0 aromatic carbocycles. The van der Waals surface area contributed by atoms with Crippen molar-refractivity contribution >= 4 is 52.8 Å². The first-order valence-corrected chi connectivity index (χ1v) is 13.3. The Morgan fingerprint density at radius 3 is 2.34 bits per heavy atom. The number of halogens is 1. The minimum absolute atomic E-state index is 0.222. The van der Waals surface area contributed by atoms with Crippen molar-refractivity contribution in [1.82, 2.24) is 15.0 Å². The topological polar surface area (TPSA) is 195 Å². The number of carbonyl (C=O) groups is 2. The number of nitrogen functional groups attached to an aromatic ring is 2. The number of aromatic nitrogens is 3. The fraction of sp³-hybridized carbons (Fsp3) is 0.400. The first-order chi connectivity index (χ1) is 18.1. The fourth-order valence-corrected chi connectivity index (χ4v) is 5.86. The van der Waals surface area contributed by atoms with Crippen molar-refractivity contribution in [2.45, 2.75) is 48.1 Å². The molecule has 3 heterocycles. The Hall–Kier alpha value is -3.35. The predicted octanol–water partition coefficient (Wildman–Crippen LogP) is 3.21. The summed E-state index contributed by atoms with van der Waals surface area (Å²) in [6.45, 7) is 1.85. The van der Waals surface area contributed by atoms with Crippen LogP contribution in [0.4, 0.5) is 17.5 Å². The number of pyridine rings is 1. The second-order valence-electron chi connectivity index (χ2n) is 9.55. The van der Waals surface area contributed by atoms with Crippen LogP contribution in [0.15, 0.2) is 52.2 Å². The molecule has 0 amide bonds. The fourth-order valence-electron chi connectivity index (χ4n) is 4.84. The summed E-state index contributed by atoms with van der Waals surface area (Å²) in [4.78, 5) is 35.3. The standard InChI is InChI=1S/C21H26ClN7S.C4H4O4/c22-16-14(4-8-26-18(16)24)30-20-19(25)28-15(11-27-20)29-9-6-21(7-10-29)5-3-13(17(21)23)12-1-2-12;5-3(6)1-2-4(7)8/h3-4,8,11-12,17H,1-2,5-7,9-10,23H2,(H2,24,26)(H2,25,28);1-2H,(H,5,6)(H,7,8)/b;2-1+. The molecule has 2 aromatic rings. The summed E-state index contributed by atoms with van der Waals surface area (Å²) in [7, 11) is 0. The number of piperidine rings is 1. The number of aliphatic carboxylic acids is 2. The number of carboxylic acids is 2. The van der Waals surface area contributed by atoms with Crippen molar-refractivity contribution in [3.8, 4) is 0 Å². The first-order valence-electron chi connectivity index (χ1n) is 12.1. The Bertz CT molecular complexity index is 1260. The molecule has 13 heteroatoms. The van der Waals surface area contributed by atoms with Gasteiger partial charge in [-0.05, 0) is 49.5 Å². The highest BCUT2D eigenvalue weighted by atomic mass is 35.5. The zero-order valence-corrected chi connectivity index (χ0v) is 22.2. The van der Waals surface area contributed by atoms with Crippen LogP contribution >= 0.6 is 23.4 Å². The number of allylic oxidation sites excluding steroid dienone is 1. The molecule has 0 radical (unpaired) electrons. The van der Waals surface area contributed by atoms with Gasteiger partial charge in [0.2, 0.25) is 0 Å². The van der Waals surface area contributed by atoms with Crippen molar-refractivity contribution < 1.29 is 19.8 Å². The maximum atomic E-state index is 9.55. The largest absolute Gasteiger partial charge is 0.478 e. The van der Waals surface area contributed by atoms with Crippen LogP contribution in [0.3, 0.4) is 0 Å². The lowest BCUT2D eigenvalue weighted by atomic mass is 9.72. The summed E-state index contributed by atoms with van der Waals surface area (Å²) >= 11 is 7.58. The summed E-state index contributed by atoms with van der Waals surface area (Å²) in [6.07, 6.45) is 12.8. The van der Waals surface area contributed by atoms with E-state index >= 15 is 0 Å². The van der Waals surface area contributed by atoms with Crippen molar-refractivity contribution in [3.63, 3.8) is 0 Å². The zero-order chi connectivity index (χ0) is 27.4. The number of anilines is 3. The molecule has 8 N–H and O–H groups in total. The second-order valence-corrected chi connectivity index (χ2v) is 11.0. The van der Waals surface area contributed by atoms with Gasteiger partial charge in [0.15, 0.2) is 5.82 Å². The minimum Gasteiger partial charge on any atom is -0.478 e. The van der Waals surface area contributed by atoms with Gasteiger partial charge >= 0.3 is 11.9 Å². The third-order valence-electron chi connectivity index (χ3n) is 7.10. The highest BCUT2D eigenvalue weighted by Crippen LogP contribution is 2.51. The van der Waals surface area contributed by atoms with E-state index in [2.05, 4.69) is 25.9 Å². The van der Waals surface area contributed by atoms with Crippen LogP contribution in [0.2, 0.25) is 5.02 Å². The van der Waals surface area contributed by atoms with Gasteiger partial charge in [-0.3, -0.25) is 0 Å². The predicted molar refractivity (Wildman–Crippen MR) is 146 cm³/mol. The van der Waals surface area contributed by atoms with Crippen molar-refractivity contribution in [2.24, 2.45) is 17.1 Å². The van der Waals surface area contributed by atoms with E-state index in [9.17, 15) is 9.59 Å². The molecule has 3 aliphatic rings. The van der Waals surface area contributed by atoms with Gasteiger partial charge < -0.3 is 32.3 Å². The van der Waals surface area contributed by atoms with Crippen LogP contribution in [0.1, 0.15) is 32.1 Å². The highest BCUT2D eigenvalue weighted by molar-refractivity contribution is 7.99. The Kier molecular flexibility index (Phi) is 8.44. The number of rotatable bonds is 6. The quantitative estimate of drug-likeness (QED) is 0.256. The molecular weight excluding hydrogens is 530 g/mol. The second kappa shape index (κ2) is 11.6. The molecule has 202 valence electrons. The summed E-state index contributed by atoms with van der Waals surface area (Å²) in [6, 6.07) is 2.01. The lowest BCUT2D eigenvalue weighted by Crippen LogP contribution is -2.48. The molecule has 1 unspecified atom stereocenters. The van der Waals surface area contributed by atoms with Crippen molar-refractivity contribution in [3.05, 3.63) is 47.3 Å². The molecular formula is C25H30ClN7O4S. The van der Waals surface area contributed by atoms with E-state index in [0.29, 0.717) is 28.0 Å². The van der Waals surface area contributed by atoms with E-state index in [1.807, 2.05) is 0 Å². The summed E-state index contributed by atoms with van der Waals surface area (Å²) < 4.78 is 0. The molecule has 5 rings (SSSR count). The lowest BCUT2D eigenvalue weighted by Gasteiger charge is -2.43. The highest BCUT2D eigenvalue weighted by Gasteiger charge is 2.47. The van der Waals surface area contributed by atoms with Gasteiger partial charge in [0.1, 0.15) is 16.7 Å². The van der Waals surface area contributed by atoms with E-state index < -0.39 is 11.9 Å². The molecule has 1 saturated carbocycles. The van der Waals surface area contributed by atoms with Gasteiger partial charge in [0.25, 0.3) is 0 Å². The SMILES string of the molecule is Nc1nc(N2CCC3(CC=C(C4CC4)C3N)CC2)cnc1Sc1ccnc(N)c1Cl.O=C(O)/C=C/C(=O)O. The number of hydrogen-bond acceptors (Lipinski definition) is 10. The summed E-state index contributed by atoms with van der Waals surface area (Å²) in [5.74, 6) is -0.262. The van der Waals surface area contributed by atoms with Gasteiger partial charge in [-0.15, -0.1) is 0 Å². The average molecular weight is 560 g/mol. The van der Waals surface area contributed by atoms with Gasteiger partial charge in [-0.25, -0.2) is 24.5 Å². The van der Waals surface area contributed by atoms with Crippen molar-refractivity contribution in [1.29, 1.82) is 0 Å². The lowest BCUT2D eigenvalue weighted by molar-refractivity contribution is -0.134. The van der Waals surface area contributed by atoms with Crippen LogP contribution < -0.4 is 22.1 Å². The van der Waals surface area contributed by atoms with Crippen LogP contribution in [-0.2, 0) is 9.59 Å². The number of nitrogens with two attached hydrogens (primary N) is 3. The van der Waals surface area contributed by atoms with E-state index in [1.54, 1.807) is 18.5 Å². The third-order valence-corrected chi connectivity index (χ3v) is 8.68. The smallest absolute Gasteiger partial charge is 0.328 e. The molecule has 0 bridgehead atoms. The molecule has 1 spiro atoms. The van der Waals surface area contributed by atoms with Crippen LogP contribution in [-0.4, -0.2) is 56.2 Å². The Morgan fingerprint density at radius 1 is 1.11 bits per heavy atom. The molecule has 2 aromatic heterocycles. The zero-order valence-electron chi connectivity index (χ0n) is 20.6. The third kappa shape index (κ3) is 6.37. The number of carboxylic acid groups (broad SMARTS) is 2. The molecule has 1 atom stereocenters. The first kappa shape index (κ1) is 27.7. The molecule has 1 aliphatic heterocycles. The van der Waals surface area contributed by atoms with E-state index in [0.717, 1.165) is 49.0 Å². The average Bonchev–Trinajstić information content (AvgIpc) is 3.68. The molecule has 2 fully saturated rings. The number of hydrogen-bond donors (Lipinski definition) is 5. The Morgan fingerprint density at radius 2 is 1.76 bits per heavy atom. The minimum atomic E-state index is -1.26. The summed E-state index contributed by atoms with van der Waals surface area (Å²) in [5, 5.41) is 16.6. The van der Waals surface area contributed by atoms with E-state index in [1.165, 1.54) is 30.2 Å². The van der Waals surface area contributed by atoms with Gasteiger partial charge in [-0.1, -0.05) is 35.0 Å². The van der Waals surface area contributed by atoms with Crippen LogP contribution in [0.25, 0.3) is 0 Å². The van der Waals surface area contributed by atoms with Crippen LogP contribution in [0.5, 0.6) is 0 Å². The monoisotopic (exact) mass is 559 g/mol. The van der Waals surface area contributed by atoms with Crippen LogP contribution in [0, 0.1) is 11.3 Å². The summed E-state index contributed by atoms with van der Waals surface area (Å²) in [5.41, 5.74) is 20.4. The maximum Gasteiger partial charge on any atom is 0.328 e. The maximum absolute atomic E-state index is 9.55. The van der Waals surface area contributed by atoms with E-state index in [-0.39, 0.29) is 17.3 Å². The van der Waals surface area contributed by atoms with Gasteiger partial charge in [0.05, 0.1) is 11.2 Å². The Labute approximate surface area is 229 Å². The molecule has 11 nitrogen and oxygen atoms in total. The van der Waals surface area contributed by atoms with Crippen molar-refractivity contribution in [2.75, 3.05) is 29.5 Å². The Balaban J connectivity index is 0.000000368. The van der Waals surface area contributed by atoms with Gasteiger partial charge in [-0.2, -0.15) is 0 Å². The van der Waals surface area contributed by atoms with Gasteiger partial charge in [0, 0.05) is 42.4 Å². The number of nitrogens with zero attached hydrogens (tertiary/aromatic N) is 4. The molecule has 38 heavy (non-hydrogen) atoms. The normalized spacial score (nSPS) is 20.2. The molecule has 2 aliphatic carbocycles.